The van der Waals surface area contributed by atoms with Crippen molar-refractivity contribution in [1.29, 1.82) is 0 Å². The average molecular weight is 168 g/mol. The van der Waals surface area contributed by atoms with Gasteiger partial charge in [-0.15, -0.1) is 0 Å². The molecule has 0 heteroatoms. The maximum Gasteiger partial charge on any atom is 0.0286 e. The molecule has 3 aliphatic carbocycles. The molecule has 0 aromatic carbocycles. The number of hydrogen-bond acceptors (Lipinski definition) is 0. The average Bonchev–Trinajstić information content (AvgIpc) is 2.61. The highest BCUT2D eigenvalue weighted by molar-refractivity contribution is 5.54. The van der Waals surface area contributed by atoms with Gasteiger partial charge in [0.25, 0.3) is 0 Å². The monoisotopic (exact) mass is 168 g/mol. The SMILES string of the molecule is [C]1C2=CCCCC2=CC2=CC=CC12. The van der Waals surface area contributed by atoms with Gasteiger partial charge >= 0.3 is 0 Å². The Hall–Kier alpha value is -1.04. The topological polar surface area (TPSA) is 0 Å². The lowest BCUT2D eigenvalue weighted by Gasteiger charge is -2.25. The van der Waals surface area contributed by atoms with Crippen molar-refractivity contribution in [3.63, 3.8) is 0 Å². The first kappa shape index (κ1) is 7.37. The van der Waals surface area contributed by atoms with E-state index in [1.165, 1.54) is 36.0 Å². The van der Waals surface area contributed by atoms with E-state index in [2.05, 4.69) is 36.8 Å². The fraction of sp³-hybridized carbons (Fsp3) is 0.308. The third-order valence-electron chi connectivity index (χ3n) is 2.95. The first-order chi connectivity index (χ1) is 6.43. The second-order valence-corrected chi connectivity index (χ2v) is 3.85. The standard InChI is InChI=1S/C13H12/c1-2-5-11-9-13-7-3-6-12(13)8-10(11)4-1/h3-4,6-7,9,12H,1-2,5H2. The van der Waals surface area contributed by atoms with E-state index in [4.69, 9.17) is 0 Å². The van der Waals surface area contributed by atoms with Crippen molar-refractivity contribution in [2.45, 2.75) is 19.3 Å². The van der Waals surface area contributed by atoms with Gasteiger partial charge in [-0.25, -0.2) is 0 Å². The van der Waals surface area contributed by atoms with Crippen LogP contribution < -0.4 is 0 Å². The van der Waals surface area contributed by atoms with Crippen LogP contribution in [0.25, 0.3) is 0 Å². The summed E-state index contributed by atoms with van der Waals surface area (Å²) >= 11 is 0. The normalized spacial score (nSPS) is 30.2. The zero-order chi connectivity index (χ0) is 8.67. The van der Waals surface area contributed by atoms with Crippen molar-refractivity contribution in [3.8, 4) is 0 Å². The number of rotatable bonds is 0. The lowest BCUT2D eigenvalue weighted by molar-refractivity contribution is 0.772. The fourth-order valence-electron chi connectivity index (χ4n) is 2.24. The molecule has 1 atom stereocenters. The van der Waals surface area contributed by atoms with Gasteiger partial charge in [0.15, 0.2) is 0 Å². The number of allylic oxidation sites excluding steroid dienone is 8. The van der Waals surface area contributed by atoms with Crippen molar-refractivity contribution in [2.75, 3.05) is 0 Å². The molecule has 0 amide bonds. The summed E-state index contributed by atoms with van der Waals surface area (Å²) in [5.41, 5.74) is 4.30. The first-order valence-electron chi connectivity index (χ1n) is 4.99. The predicted molar refractivity (Wildman–Crippen MR) is 54.0 cm³/mol. The smallest absolute Gasteiger partial charge is 0.0286 e. The Labute approximate surface area is 79.3 Å². The van der Waals surface area contributed by atoms with E-state index < -0.39 is 0 Å². The van der Waals surface area contributed by atoms with Crippen molar-refractivity contribution < 1.29 is 0 Å². The lowest BCUT2D eigenvalue weighted by Crippen LogP contribution is -2.10. The summed E-state index contributed by atoms with van der Waals surface area (Å²) in [5, 5.41) is 0. The number of hydrogen-bond donors (Lipinski definition) is 0. The Morgan fingerprint density at radius 3 is 3.38 bits per heavy atom. The second kappa shape index (κ2) is 2.73. The molecule has 0 fully saturated rings. The molecule has 0 spiro atoms. The molecule has 0 nitrogen and oxygen atoms in total. The third kappa shape index (κ3) is 1.13. The predicted octanol–water partition coefficient (Wildman–Crippen LogP) is 3.23. The van der Waals surface area contributed by atoms with Crippen LogP contribution in [0.4, 0.5) is 0 Å². The van der Waals surface area contributed by atoms with Gasteiger partial charge < -0.3 is 0 Å². The zero-order valence-corrected chi connectivity index (χ0v) is 7.59. The van der Waals surface area contributed by atoms with Gasteiger partial charge in [-0.2, -0.15) is 0 Å². The molecule has 0 bridgehead atoms. The van der Waals surface area contributed by atoms with Crippen LogP contribution in [0.2, 0.25) is 0 Å². The summed E-state index contributed by atoms with van der Waals surface area (Å²) in [5.74, 6) is 0.452. The fourth-order valence-corrected chi connectivity index (χ4v) is 2.24. The molecule has 0 heterocycles. The van der Waals surface area contributed by atoms with Crippen LogP contribution >= 0.6 is 0 Å². The molecular weight excluding hydrogens is 156 g/mol. The molecule has 0 aliphatic heterocycles. The Morgan fingerprint density at radius 2 is 2.38 bits per heavy atom. The van der Waals surface area contributed by atoms with Crippen LogP contribution in [0.1, 0.15) is 19.3 Å². The van der Waals surface area contributed by atoms with Crippen LogP contribution in [-0.2, 0) is 0 Å². The van der Waals surface area contributed by atoms with Gasteiger partial charge in [-0.1, -0.05) is 30.4 Å². The summed E-state index contributed by atoms with van der Waals surface area (Å²) in [6, 6.07) is 0. The quantitative estimate of drug-likeness (QED) is 0.521. The van der Waals surface area contributed by atoms with Gasteiger partial charge in [0, 0.05) is 12.3 Å². The van der Waals surface area contributed by atoms with E-state index >= 15 is 0 Å². The third-order valence-corrected chi connectivity index (χ3v) is 2.95. The van der Waals surface area contributed by atoms with Gasteiger partial charge in [0.2, 0.25) is 0 Å². The second-order valence-electron chi connectivity index (χ2n) is 3.85. The molecule has 0 saturated carbocycles. The molecular formula is C13H12. The summed E-state index contributed by atoms with van der Waals surface area (Å²) < 4.78 is 0. The van der Waals surface area contributed by atoms with E-state index in [1.54, 1.807) is 0 Å². The Bertz CT molecular complexity index is 350. The molecule has 1 unspecified atom stereocenters. The summed E-state index contributed by atoms with van der Waals surface area (Å²) in [6.45, 7) is 0. The van der Waals surface area contributed by atoms with E-state index in [-0.39, 0.29) is 0 Å². The lowest BCUT2D eigenvalue weighted by atomic mass is 9.79. The molecule has 0 N–H and O–H groups in total. The van der Waals surface area contributed by atoms with Crippen LogP contribution in [0.3, 0.4) is 0 Å². The first-order valence-corrected chi connectivity index (χ1v) is 4.99. The van der Waals surface area contributed by atoms with Gasteiger partial charge in [-0.3, -0.25) is 0 Å². The highest BCUT2D eigenvalue weighted by Gasteiger charge is 2.24. The molecule has 3 rings (SSSR count). The minimum absolute atomic E-state index is 0.452. The minimum Gasteiger partial charge on any atom is -0.0804 e. The summed E-state index contributed by atoms with van der Waals surface area (Å²) in [4.78, 5) is 0. The molecule has 0 saturated heterocycles. The summed E-state index contributed by atoms with van der Waals surface area (Å²) in [7, 11) is 0. The molecule has 64 valence electrons. The van der Waals surface area contributed by atoms with Crippen molar-refractivity contribution in [2.24, 2.45) is 5.92 Å². The highest BCUT2D eigenvalue weighted by atomic mass is 14.3. The molecule has 0 aromatic heterocycles. The molecule has 2 radical (unpaired) electrons. The van der Waals surface area contributed by atoms with Crippen molar-refractivity contribution >= 4 is 0 Å². The van der Waals surface area contributed by atoms with Crippen LogP contribution in [-0.4, -0.2) is 0 Å². The van der Waals surface area contributed by atoms with E-state index in [9.17, 15) is 0 Å². The maximum atomic E-state index is 3.56. The largest absolute Gasteiger partial charge is 0.0804 e. The molecule has 3 aliphatic rings. The Balaban J connectivity index is 2.03. The van der Waals surface area contributed by atoms with Crippen LogP contribution in [0, 0.1) is 12.3 Å². The van der Waals surface area contributed by atoms with E-state index in [0.29, 0.717) is 5.92 Å². The molecule has 0 aromatic rings. The highest BCUT2D eigenvalue weighted by Crippen LogP contribution is 2.39. The van der Waals surface area contributed by atoms with E-state index in [0.717, 1.165) is 0 Å². The van der Waals surface area contributed by atoms with Crippen molar-refractivity contribution in [1.82, 2.24) is 0 Å². The zero-order valence-electron chi connectivity index (χ0n) is 7.59. The van der Waals surface area contributed by atoms with E-state index in [1.807, 2.05) is 0 Å². The maximum absolute atomic E-state index is 3.56. The van der Waals surface area contributed by atoms with Crippen molar-refractivity contribution in [3.05, 3.63) is 53.5 Å². The number of fused-ring (bicyclic) bond motifs is 2. The van der Waals surface area contributed by atoms with Crippen LogP contribution in [0.5, 0.6) is 0 Å². The Kier molecular flexibility index (Phi) is 1.55. The summed E-state index contributed by atoms with van der Waals surface area (Å²) in [6.07, 6.45) is 18.6. The van der Waals surface area contributed by atoms with Gasteiger partial charge in [-0.05, 0) is 36.0 Å². The minimum atomic E-state index is 0.452. The van der Waals surface area contributed by atoms with Gasteiger partial charge in [0.1, 0.15) is 0 Å². The molecule has 13 heavy (non-hydrogen) atoms. The van der Waals surface area contributed by atoms with Crippen LogP contribution in [0.15, 0.2) is 47.1 Å². The Morgan fingerprint density at radius 1 is 1.38 bits per heavy atom. The van der Waals surface area contributed by atoms with Gasteiger partial charge in [0.05, 0.1) is 0 Å².